The van der Waals surface area contributed by atoms with Crippen LogP contribution in [0.15, 0.2) is 35.2 Å². The van der Waals surface area contributed by atoms with Crippen LogP contribution >= 0.6 is 0 Å². The SMILES string of the molecule is CC[C@H]1CN(S(=O)(=O)c2ccccc2)CC[C@H]1CC(=O)NCCN1CCOCC1. The van der Waals surface area contributed by atoms with E-state index in [1.54, 1.807) is 28.6 Å². The summed E-state index contributed by atoms with van der Waals surface area (Å²) in [5.41, 5.74) is 0. The van der Waals surface area contributed by atoms with Gasteiger partial charge in [-0.3, -0.25) is 9.69 Å². The van der Waals surface area contributed by atoms with Crippen LogP contribution in [0.1, 0.15) is 26.2 Å². The van der Waals surface area contributed by atoms with Crippen LogP contribution in [0, 0.1) is 11.8 Å². The van der Waals surface area contributed by atoms with Gasteiger partial charge in [0.05, 0.1) is 18.1 Å². The Balaban J connectivity index is 1.48. The molecule has 3 rings (SSSR count). The Hall–Kier alpha value is -1.48. The van der Waals surface area contributed by atoms with E-state index >= 15 is 0 Å². The molecule has 0 unspecified atom stereocenters. The predicted molar refractivity (Wildman–Crippen MR) is 112 cm³/mol. The van der Waals surface area contributed by atoms with Crippen molar-refractivity contribution in [2.75, 3.05) is 52.5 Å². The van der Waals surface area contributed by atoms with Crippen LogP contribution in [0.25, 0.3) is 0 Å². The zero-order valence-corrected chi connectivity index (χ0v) is 18.1. The average molecular weight is 424 g/mol. The zero-order chi connectivity index (χ0) is 20.7. The smallest absolute Gasteiger partial charge is 0.243 e. The zero-order valence-electron chi connectivity index (χ0n) is 17.3. The molecule has 0 bridgehead atoms. The van der Waals surface area contributed by atoms with Gasteiger partial charge in [-0.25, -0.2) is 8.42 Å². The van der Waals surface area contributed by atoms with Crippen molar-refractivity contribution in [2.45, 2.75) is 31.1 Å². The summed E-state index contributed by atoms with van der Waals surface area (Å²) in [4.78, 5) is 15.1. The van der Waals surface area contributed by atoms with E-state index in [1.807, 2.05) is 6.07 Å². The van der Waals surface area contributed by atoms with Crippen LogP contribution in [-0.4, -0.2) is 76.0 Å². The van der Waals surface area contributed by atoms with E-state index in [9.17, 15) is 13.2 Å². The number of carbonyl (C=O) groups is 1. The highest BCUT2D eigenvalue weighted by atomic mass is 32.2. The molecule has 0 aliphatic carbocycles. The fourth-order valence-corrected chi connectivity index (χ4v) is 5.76. The topological polar surface area (TPSA) is 79.0 Å². The molecule has 1 aromatic carbocycles. The number of ether oxygens (including phenoxy) is 1. The number of nitrogens with one attached hydrogen (secondary N) is 1. The second-order valence-corrected chi connectivity index (χ2v) is 9.84. The molecule has 7 nitrogen and oxygen atoms in total. The van der Waals surface area contributed by atoms with E-state index in [0.717, 1.165) is 45.7 Å². The number of rotatable bonds is 8. The molecule has 8 heteroatoms. The highest BCUT2D eigenvalue weighted by Crippen LogP contribution is 2.31. The molecule has 0 saturated carbocycles. The molecule has 2 aliphatic heterocycles. The van der Waals surface area contributed by atoms with Gasteiger partial charge >= 0.3 is 0 Å². The van der Waals surface area contributed by atoms with Gasteiger partial charge in [0.1, 0.15) is 0 Å². The van der Waals surface area contributed by atoms with Gasteiger partial charge in [-0.2, -0.15) is 4.31 Å². The molecule has 2 fully saturated rings. The summed E-state index contributed by atoms with van der Waals surface area (Å²) >= 11 is 0. The molecular weight excluding hydrogens is 390 g/mol. The van der Waals surface area contributed by atoms with Crippen LogP contribution in [0.5, 0.6) is 0 Å². The number of nitrogens with zero attached hydrogens (tertiary/aromatic N) is 2. The second kappa shape index (κ2) is 10.5. The Morgan fingerprint density at radius 3 is 2.55 bits per heavy atom. The molecule has 1 amide bonds. The monoisotopic (exact) mass is 423 g/mol. The van der Waals surface area contributed by atoms with Gasteiger partial charge in [0.25, 0.3) is 0 Å². The van der Waals surface area contributed by atoms with Crippen molar-refractivity contribution >= 4 is 15.9 Å². The van der Waals surface area contributed by atoms with Crippen molar-refractivity contribution < 1.29 is 17.9 Å². The lowest BCUT2D eigenvalue weighted by atomic mass is 9.82. The molecule has 2 heterocycles. The lowest BCUT2D eigenvalue weighted by Crippen LogP contribution is -2.45. The largest absolute Gasteiger partial charge is 0.379 e. The van der Waals surface area contributed by atoms with Crippen LogP contribution in [0.4, 0.5) is 0 Å². The molecule has 162 valence electrons. The van der Waals surface area contributed by atoms with Gasteiger partial charge in [-0.05, 0) is 30.4 Å². The van der Waals surface area contributed by atoms with E-state index in [1.165, 1.54) is 0 Å². The highest BCUT2D eigenvalue weighted by Gasteiger charge is 2.35. The number of benzene rings is 1. The quantitative estimate of drug-likeness (QED) is 0.687. The molecule has 0 spiro atoms. The van der Waals surface area contributed by atoms with Crippen LogP contribution in [-0.2, 0) is 19.6 Å². The molecule has 2 atom stereocenters. The summed E-state index contributed by atoms with van der Waals surface area (Å²) < 4.78 is 32.7. The van der Waals surface area contributed by atoms with Gasteiger partial charge < -0.3 is 10.1 Å². The number of carbonyl (C=O) groups excluding carboxylic acids is 1. The minimum absolute atomic E-state index is 0.0704. The van der Waals surface area contributed by atoms with E-state index in [4.69, 9.17) is 4.74 Å². The molecule has 1 N–H and O–H groups in total. The van der Waals surface area contributed by atoms with Crippen molar-refractivity contribution in [3.05, 3.63) is 30.3 Å². The highest BCUT2D eigenvalue weighted by molar-refractivity contribution is 7.89. The lowest BCUT2D eigenvalue weighted by molar-refractivity contribution is -0.122. The number of amides is 1. The fraction of sp³-hybridized carbons (Fsp3) is 0.667. The summed E-state index contributed by atoms with van der Waals surface area (Å²) in [6, 6.07) is 8.60. The Kier molecular flexibility index (Phi) is 8.06. The third-order valence-corrected chi connectivity index (χ3v) is 7.94. The van der Waals surface area contributed by atoms with Crippen molar-refractivity contribution in [3.8, 4) is 0 Å². The second-order valence-electron chi connectivity index (χ2n) is 7.90. The molecule has 2 saturated heterocycles. The van der Waals surface area contributed by atoms with E-state index in [2.05, 4.69) is 17.1 Å². The standard InChI is InChI=1S/C21H33N3O4S/c1-2-18-17-24(29(26,27)20-6-4-3-5-7-20)10-8-19(18)16-21(25)22-9-11-23-12-14-28-15-13-23/h3-7,18-19H,2,8-17H2,1H3,(H,22,25)/t18-,19-/m0/s1. The summed E-state index contributed by atoms with van der Waals surface area (Å²) in [6.45, 7) is 7.89. The van der Waals surface area contributed by atoms with E-state index in [0.29, 0.717) is 31.0 Å². The Bertz CT molecular complexity index is 750. The van der Waals surface area contributed by atoms with Crippen molar-refractivity contribution in [3.63, 3.8) is 0 Å². The Morgan fingerprint density at radius 1 is 1.14 bits per heavy atom. The molecule has 2 aliphatic rings. The Labute approximate surface area is 174 Å². The number of piperidine rings is 1. The average Bonchev–Trinajstić information content (AvgIpc) is 2.75. The number of hydrogen-bond donors (Lipinski definition) is 1. The number of morpholine rings is 1. The third kappa shape index (κ3) is 6.01. The molecule has 0 radical (unpaired) electrons. The summed E-state index contributed by atoms with van der Waals surface area (Å²) in [6.07, 6.45) is 2.06. The third-order valence-electron chi connectivity index (χ3n) is 6.06. The maximum absolute atomic E-state index is 12.9. The molecule has 1 aromatic rings. The van der Waals surface area contributed by atoms with Gasteiger partial charge in [0.2, 0.25) is 15.9 Å². The van der Waals surface area contributed by atoms with Crippen molar-refractivity contribution in [2.24, 2.45) is 11.8 Å². The van der Waals surface area contributed by atoms with E-state index < -0.39 is 10.0 Å². The first kappa shape index (κ1) is 22.2. The Morgan fingerprint density at radius 2 is 1.86 bits per heavy atom. The lowest BCUT2D eigenvalue weighted by Gasteiger charge is -2.37. The minimum atomic E-state index is -3.47. The number of hydrogen-bond acceptors (Lipinski definition) is 5. The predicted octanol–water partition coefficient (Wildman–Crippen LogP) is 1.56. The normalized spacial score (nSPS) is 24.3. The van der Waals surface area contributed by atoms with Crippen molar-refractivity contribution in [1.82, 2.24) is 14.5 Å². The summed E-state index contributed by atoms with van der Waals surface area (Å²) in [7, 11) is -3.47. The maximum atomic E-state index is 12.9. The summed E-state index contributed by atoms with van der Waals surface area (Å²) in [5, 5.41) is 3.04. The van der Waals surface area contributed by atoms with Crippen LogP contribution in [0.3, 0.4) is 0 Å². The van der Waals surface area contributed by atoms with Gasteiger partial charge in [0, 0.05) is 45.7 Å². The van der Waals surface area contributed by atoms with Gasteiger partial charge in [-0.15, -0.1) is 0 Å². The van der Waals surface area contributed by atoms with Crippen LogP contribution < -0.4 is 5.32 Å². The first-order valence-corrected chi connectivity index (χ1v) is 12.1. The number of sulfonamides is 1. The first-order valence-electron chi connectivity index (χ1n) is 10.6. The maximum Gasteiger partial charge on any atom is 0.243 e. The summed E-state index contributed by atoms with van der Waals surface area (Å²) in [5.74, 6) is 0.499. The molecular formula is C21H33N3O4S. The van der Waals surface area contributed by atoms with Crippen molar-refractivity contribution in [1.29, 1.82) is 0 Å². The molecule has 29 heavy (non-hydrogen) atoms. The minimum Gasteiger partial charge on any atom is -0.379 e. The first-order chi connectivity index (χ1) is 14.0. The van der Waals surface area contributed by atoms with Crippen LogP contribution in [0.2, 0.25) is 0 Å². The van der Waals surface area contributed by atoms with E-state index in [-0.39, 0.29) is 17.7 Å². The fourth-order valence-electron chi connectivity index (χ4n) is 4.23. The van der Waals surface area contributed by atoms with Gasteiger partial charge in [-0.1, -0.05) is 31.5 Å². The van der Waals surface area contributed by atoms with Gasteiger partial charge in [0.15, 0.2) is 0 Å². The molecule has 0 aromatic heterocycles.